The summed E-state index contributed by atoms with van der Waals surface area (Å²) >= 11 is 6.06. The highest BCUT2D eigenvalue weighted by molar-refractivity contribution is 6.30. The van der Waals surface area contributed by atoms with E-state index in [1.54, 1.807) is 84.7 Å². The van der Waals surface area contributed by atoms with Crippen molar-refractivity contribution in [2.45, 2.75) is 25.7 Å². The van der Waals surface area contributed by atoms with E-state index in [0.29, 0.717) is 45.9 Å². The van der Waals surface area contributed by atoms with Crippen LogP contribution in [0.3, 0.4) is 0 Å². The highest BCUT2D eigenvalue weighted by Gasteiger charge is 2.27. The first-order valence-corrected chi connectivity index (χ1v) is 14.0. The molecule has 1 aliphatic rings. The molecular formula is C31H33ClN4O6. The second kappa shape index (κ2) is 14.4. The van der Waals surface area contributed by atoms with Crippen LogP contribution in [0, 0.1) is 5.92 Å². The van der Waals surface area contributed by atoms with Crippen LogP contribution in [0.2, 0.25) is 5.02 Å². The van der Waals surface area contributed by atoms with Gasteiger partial charge in [-0.05, 0) is 66.8 Å². The lowest BCUT2D eigenvalue weighted by molar-refractivity contribution is -0.136. The van der Waals surface area contributed by atoms with Gasteiger partial charge in [0, 0.05) is 30.0 Å². The maximum atomic E-state index is 13.4. The number of halogens is 1. The van der Waals surface area contributed by atoms with Crippen LogP contribution >= 0.6 is 11.6 Å². The Morgan fingerprint density at radius 1 is 0.976 bits per heavy atom. The van der Waals surface area contributed by atoms with Crippen LogP contribution in [0.4, 0.5) is 21.9 Å². The largest absolute Gasteiger partial charge is 0.482 e. The number of carbonyl (C=O) groups is 4. The first-order chi connectivity index (χ1) is 20.2. The molecule has 220 valence electrons. The van der Waals surface area contributed by atoms with Crippen molar-refractivity contribution in [2.24, 2.45) is 5.92 Å². The van der Waals surface area contributed by atoms with E-state index in [1.165, 1.54) is 4.90 Å². The summed E-state index contributed by atoms with van der Waals surface area (Å²) in [5.41, 5.74) is 2.09. The van der Waals surface area contributed by atoms with Crippen LogP contribution < -0.4 is 25.2 Å². The summed E-state index contributed by atoms with van der Waals surface area (Å²) < 4.78 is 5.92. The summed E-state index contributed by atoms with van der Waals surface area (Å²) in [6.07, 6.45) is 2.92. The molecule has 0 atom stereocenters. The SMILES string of the molecule is CN(C(=O)COc1ccccc1N(CC1CCC1)C(=O)CNC(=O)Nc1cccc(CC(=O)O)c1)c1cccc(Cl)c1. The van der Waals surface area contributed by atoms with Crippen LogP contribution in [0.15, 0.2) is 72.8 Å². The van der Waals surface area contributed by atoms with E-state index in [-0.39, 0.29) is 31.4 Å². The smallest absolute Gasteiger partial charge is 0.319 e. The molecule has 42 heavy (non-hydrogen) atoms. The van der Waals surface area contributed by atoms with E-state index in [0.717, 1.165) is 19.3 Å². The Kier molecular flexibility index (Phi) is 10.4. The zero-order valence-electron chi connectivity index (χ0n) is 23.2. The molecule has 0 aliphatic heterocycles. The number of anilines is 3. The molecule has 4 rings (SSSR count). The highest BCUT2D eigenvalue weighted by atomic mass is 35.5. The van der Waals surface area contributed by atoms with E-state index in [9.17, 15) is 19.2 Å². The lowest BCUT2D eigenvalue weighted by Crippen LogP contribution is -2.44. The van der Waals surface area contributed by atoms with Gasteiger partial charge in [0.25, 0.3) is 5.91 Å². The first kappa shape index (κ1) is 30.4. The number of aliphatic carboxylic acids is 1. The number of para-hydroxylation sites is 2. The van der Waals surface area contributed by atoms with Crippen molar-refractivity contribution in [1.29, 1.82) is 0 Å². The van der Waals surface area contributed by atoms with Crippen molar-refractivity contribution in [3.8, 4) is 5.75 Å². The topological polar surface area (TPSA) is 128 Å². The Morgan fingerprint density at radius 3 is 2.45 bits per heavy atom. The van der Waals surface area contributed by atoms with Gasteiger partial charge in [-0.25, -0.2) is 4.79 Å². The molecule has 4 amide bonds. The van der Waals surface area contributed by atoms with Gasteiger partial charge in [-0.3, -0.25) is 14.4 Å². The van der Waals surface area contributed by atoms with Gasteiger partial charge in [-0.1, -0.05) is 48.4 Å². The Balaban J connectivity index is 1.41. The molecule has 10 nitrogen and oxygen atoms in total. The molecule has 1 saturated carbocycles. The van der Waals surface area contributed by atoms with Crippen LogP contribution in [0.25, 0.3) is 0 Å². The Morgan fingerprint density at radius 2 is 1.74 bits per heavy atom. The zero-order chi connectivity index (χ0) is 30.1. The fraction of sp³-hybridized carbons (Fsp3) is 0.290. The van der Waals surface area contributed by atoms with E-state index >= 15 is 0 Å². The van der Waals surface area contributed by atoms with Gasteiger partial charge in [0.15, 0.2) is 6.61 Å². The van der Waals surface area contributed by atoms with Crippen molar-refractivity contribution < 1.29 is 29.0 Å². The third-order valence-electron chi connectivity index (χ3n) is 6.98. The molecule has 0 saturated heterocycles. The molecule has 3 aromatic rings. The molecule has 3 N–H and O–H groups in total. The van der Waals surface area contributed by atoms with Crippen molar-refractivity contribution in [3.63, 3.8) is 0 Å². The molecule has 1 aliphatic carbocycles. The average molecular weight is 593 g/mol. The number of ether oxygens (including phenoxy) is 1. The van der Waals surface area contributed by atoms with Gasteiger partial charge in [0.2, 0.25) is 5.91 Å². The number of nitrogens with zero attached hydrogens (tertiary/aromatic N) is 2. The predicted octanol–water partition coefficient (Wildman–Crippen LogP) is 4.96. The summed E-state index contributed by atoms with van der Waals surface area (Å²) in [7, 11) is 1.63. The quantitative estimate of drug-likeness (QED) is 0.273. The van der Waals surface area contributed by atoms with E-state index < -0.39 is 12.0 Å². The lowest BCUT2D eigenvalue weighted by Gasteiger charge is -2.33. The minimum absolute atomic E-state index is 0.171. The minimum atomic E-state index is -0.976. The first-order valence-electron chi connectivity index (χ1n) is 13.6. The number of amides is 4. The number of carbonyl (C=O) groups excluding carboxylic acids is 3. The predicted molar refractivity (Wildman–Crippen MR) is 161 cm³/mol. The maximum absolute atomic E-state index is 13.4. The number of rotatable bonds is 12. The van der Waals surface area contributed by atoms with E-state index in [1.807, 2.05) is 0 Å². The van der Waals surface area contributed by atoms with Crippen molar-refractivity contribution in [2.75, 3.05) is 41.9 Å². The number of urea groups is 1. The third kappa shape index (κ3) is 8.47. The molecule has 11 heteroatoms. The third-order valence-corrected chi connectivity index (χ3v) is 7.22. The molecule has 0 radical (unpaired) electrons. The molecule has 0 heterocycles. The fourth-order valence-electron chi connectivity index (χ4n) is 4.50. The number of likely N-dealkylation sites (N-methyl/N-ethyl adjacent to an activating group) is 1. The van der Waals surface area contributed by atoms with Crippen LogP contribution in [-0.4, -0.2) is 55.7 Å². The fourth-order valence-corrected chi connectivity index (χ4v) is 4.68. The summed E-state index contributed by atoms with van der Waals surface area (Å²) in [4.78, 5) is 52.9. The lowest BCUT2D eigenvalue weighted by atomic mass is 9.85. The molecule has 3 aromatic carbocycles. The van der Waals surface area contributed by atoms with Crippen molar-refractivity contribution in [3.05, 3.63) is 83.4 Å². The van der Waals surface area contributed by atoms with Crippen LogP contribution in [0.5, 0.6) is 5.75 Å². The normalized spacial score (nSPS) is 12.5. The highest BCUT2D eigenvalue weighted by Crippen LogP contribution is 2.33. The average Bonchev–Trinajstić information content (AvgIpc) is 2.94. The van der Waals surface area contributed by atoms with Gasteiger partial charge >= 0.3 is 12.0 Å². The number of hydrogen-bond donors (Lipinski definition) is 3. The summed E-state index contributed by atoms with van der Waals surface area (Å²) in [5, 5.41) is 14.7. The number of carboxylic acid groups (broad SMARTS) is 1. The Labute approximate surface area is 249 Å². The van der Waals surface area contributed by atoms with Crippen molar-refractivity contribution in [1.82, 2.24) is 5.32 Å². The van der Waals surface area contributed by atoms with Gasteiger partial charge in [-0.2, -0.15) is 0 Å². The van der Waals surface area contributed by atoms with Gasteiger partial charge < -0.3 is 30.3 Å². The van der Waals surface area contributed by atoms with Gasteiger partial charge in [0.1, 0.15) is 5.75 Å². The molecule has 0 aromatic heterocycles. The molecule has 0 unspecified atom stereocenters. The Hall–Kier alpha value is -4.57. The number of nitrogens with one attached hydrogen (secondary N) is 2. The van der Waals surface area contributed by atoms with E-state index in [4.69, 9.17) is 21.4 Å². The molecular weight excluding hydrogens is 560 g/mol. The van der Waals surface area contributed by atoms with Crippen molar-refractivity contribution >= 4 is 52.5 Å². The van der Waals surface area contributed by atoms with Crippen LogP contribution in [0.1, 0.15) is 24.8 Å². The van der Waals surface area contributed by atoms with Gasteiger partial charge in [-0.15, -0.1) is 0 Å². The summed E-state index contributed by atoms with van der Waals surface area (Å²) in [6.45, 7) is -0.0820. The molecule has 0 bridgehead atoms. The zero-order valence-corrected chi connectivity index (χ0v) is 24.0. The Bertz CT molecular complexity index is 1440. The molecule has 1 fully saturated rings. The van der Waals surface area contributed by atoms with Gasteiger partial charge in [0.05, 0.1) is 18.7 Å². The second-order valence-corrected chi connectivity index (χ2v) is 10.5. The maximum Gasteiger partial charge on any atom is 0.319 e. The minimum Gasteiger partial charge on any atom is -0.482 e. The monoisotopic (exact) mass is 592 g/mol. The summed E-state index contributed by atoms with van der Waals surface area (Å²) in [6, 6.07) is 19.8. The van der Waals surface area contributed by atoms with Crippen LogP contribution in [-0.2, 0) is 20.8 Å². The number of hydrogen-bond acceptors (Lipinski definition) is 5. The van der Waals surface area contributed by atoms with E-state index in [2.05, 4.69) is 10.6 Å². The molecule has 0 spiro atoms. The number of carboxylic acids is 1. The summed E-state index contributed by atoms with van der Waals surface area (Å²) in [5.74, 6) is -0.915. The standard InChI is InChI=1S/C31H33ClN4O6/c1-35(25-12-6-10-23(32)17-25)29(38)20-42-27-14-3-2-13-26(27)36(19-21-7-4-8-21)28(37)18-33-31(41)34-24-11-5-9-22(15-24)16-30(39)40/h2-3,5-6,9-15,17,21H,4,7-8,16,18-20H2,1H3,(H,39,40)(H2,33,34,41). The second-order valence-electron chi connectivity index (χ2n) is 10.1. The number of benzene rings is 3.